The minimum absolute atomic E-state index is 0.371. The van der Waals surface area contributed by atoms with Crippen LogP contribution in [0.15, 0.2) is 48.5 Å². The Morgan fingerprint density at radius 1 is 1.14 bits per heavy atom. The Balaban J connectivity index is 1.69. The molecular formula is C17H18ClNO2. The van der Waals surface area contributed by atoms with Gasteiger partial charge in [-0.3, -0.25) is 0 Å². The van der Waals surface area contributed by atoms with Crippen LogP contribution in [0.1, 0.15) is 16.7 Å². The molecule has 1 amide bonds. The lowest BCUT2D eigenvalue weighted by Crippen LogP contribution is -2.24. The first-order valence-corrected chi connectivity index (χ1v) is 7.22. The van der Waals surface area contributed by atoms with Gasteiger partial charge in [0.15, 0.2) is 0 Å². The van der Waals surface area contributed by atoms with Crippen LogP contribution in [0.3, 0.4) is 0 Å². The Bertz CT molecular complexity index is 596. The third kappa shape index (κ3) is 5.48. The van der Waals surface area contributed by atoms with Gasteiger partial charge in [0.2, 0.25) is 0 Å². The first kappa shape index (κ1) is 15.4. The molecule has 21 heavy (non-hydrogen) atoms. The highest BCUT2D eigenvalue weighted by Crippen LogP contribution is 2.09. The summed E-state index contributed by atoms with van der Waals surface area (Å²) >= 11 is 5.80. The number of carbonyl (C=O) groups is 1. The average Bonchev–Trinajstić information content (AvgIpc) is 2.47. The van der Waals surface area contributed by atoms with Crippen LogP contribution < -0.4 is 5.32 Å². The Labute approximate surface area is 129 Å². The number of nitrogens with one attached hydrogen (secondary N) is 1. The van der Waals surface area contributed by atoms with E-state index in [1.54, 1.807) is 12.1 Å². The number of ether oxygens (including phenoxy) is 1. The van der Waals surface area contributed by atoms with E-state index in [9.17, 15) is 4.79 Å². The molecule has 1 N–H and O–H groups in total. The van der Waals surface area contributed by atoms with Crippen molar-refractivity contribution in [1.82, 2.24) is 5.32 Å². The number of rotatable bonds is 5. The third-order valence-electron chi connectivity index (χ3n) is 3.06. The zero-order chi connectivity index (χ0) is 15.1. The Kier molecular flexibility index (Phi) is 5.64. The lowest BCUT2D eigenvalue weighted by molar-refractivity contribution is 0.147. The number of amides is 1. The van der Waals surface area contributed by atoms with Gasteiger partial charge in [-0.25, -0.2) is 4.79 Å². The molecule has 0 atom stereocenters. The Morgan fingerprint density at radius 3 is 2.62 bits per heavy atom. The maximum Gasteiger partial charge on any atom is 0.407 e. The summed E-state index contributed by atoms with van der Waals surface area (Å²) in [5.41, 5.74) is 3.36. The molecule has 0 saturated carbocycles. The SMILES string of the molecule is Cc1cccc(CCOC(=O)NCc2ccc(Cl)cc2)c1. The van der Waals surface area contributed by atoms with E-state index in [1.165, 1.54) is 11.1 Å². The molecule has 0 unspecified atom stereocenters. The molecule has 0 heterocycles. The monoisotopic (exact) mass is 303 g/mol. The number of alkyl carbamates (subject to hydrolysis) is 1. The van der Waals surface area contributed by atoms with Gasteiger partial charge in [-0.2, -0.15) is 0 Å². The van der Waals surface area contributed by atoms with Crippen molar-refractivity contribution in [2.45, 2.75) is 19.9 Å². The molecule has 0 fully saturated rings. The van der Waals surface area contributed by atoms with Gasteiger partial charge in [0.1, 0.15) is 0 Å². The van der Waals surface area contributed by atoms with Crippen molar-refractivity contribution < 1.29 is 9.53 Å². The van der Waals surface area contributed by atoms with Gasteiger partial charge in [0, 0.05) is 18.0 Å². The quantitative estimate of drug-likeness (QED) is 0.902. The summed E-state index contributed by atoms with van der Waals surface area (Å²) in [6, 6.07) is 15.5. The van der Waals surface area contributed by atoms with Crippen LogP contribution in [0.4, 0.5) is 4.79 Å². The summed E-state index contributed by atoms with van der Waals surface area (Å²) in [6.07, 6.45) is 0.313. The average molecular weight is 304 g/mol. The van der Waals surface area contributed by atoms with Crippen LogP contribution in [0.2, 0.25) is 5.02 Å². The first-order valence-electron chi connectivity index (χ1n) is 6.84. The molecule has 0 aromatic heterocycles. The molecule has 0 aliphatic heterocycles. The van der Waals surface area contributed by atoms with Crippen molar-refractivity contribution in [2.75, 3.05) is 6.61 Å². The van der Waals surface area contributed by atoms with Crippen molar-refractivity contribution in [3.63, 3.8) is 0 Å². The van der Waals surface area contributed by atoms with E-state index < -0.39 is 6.09 Å². The van der Waals surface area contributed by atoms with Crippen LogP contribution >= 0.6 is 11.6 Å². The Hall–Kier alpha value is -2.00. The van der Waals surface area contributed by atoms with Crippen molar-refractivity contribution in [2.24, 2.45) is 0 Å². The number of benzene rings is 2. The van der Waals surface area contributed by atoms with Gasteiger partial charge >= 0.3 is 6.09 Å². The van der Waals surface area contributed by atoms with Crippen LogP contribution in [-0.4, -0.2) is 12.7 Å². The standard InChI is InChI=1S/C17H18ClNO2/c1-13-3-2-4-14(11-13)9-10-21-17(20)19-12-15-5-7-16(18)8-6-15/h2-8,11H,9-10,12H2,1H3,(H,19,20). The number of carbonyl (C=O) groups excluding carboxylic acids is 1. The molecule has 110 valence electrons. The van der Waals surface area contributed by atoms with Crippen LogP contribution in [0.25, 0.3) is 0 Å². The smallest absolute Gasteiger partial charge is 0.407 e. The minimum atomic E-state index is -0.405. The predicted octanol–water partition coefficient (Wildman–Crippen LogP) is 4.12. The summed E-state index contributed by atoms with van der Waals surface area (Å²) in [5.74, 6) is 0. The van der Waals surface area contributed by atoms with Gasteiger partial charge < -0.3 is 10.1 Å². The molecule has 0 spiro atoms. The molecule has 2 aromatic rings. The fraction of sp³-hybridized carbons (Fsp3) is 0.235. The number of aryl methyl sites for hydroxylation is 1. The predicted molar refractivity (Wildman–Crippen MR) is 84.5 cm³/mol. The van der Waals surface area contributed by atoms with Crippen molar-refractivity contribution in [1.29, 1.82) is 0 Å². The van der Waals surface area contributed by atoms with Crippen molar-refractivity contribution in [3.8, 4) is 0 Å². The topological polar surface area (TPSA) is 38.3 Å². The summed E-state index contributed by atoms with van der Waals surface area (Å²) in [4.78, 5) is 11.6. The van der Waals surface area contributed by atoms with Crippen molar-refractivity contribution >= 4 is 17.7 Å². The lowest BCUT2D eigenvalue weighted by Gasteiger charge is -2.07. The minimum Gasteiger partial charge on any atom is -0.449 e. The zero-order valence-electron chi connectivity index (χ0n) is 11.9. The fourth-order valence-electron chi connectivity index (χ4n) is 1.96. The van der Waals surface area contributed by atoms with Crippen LogP contribution in [0.5, 0.6) is 0 Å². The highest BCUT2D eigenvalue weighted by atomic mass is 35.5. The van der Waals surface area contributed by atoms with E-state index in [2.05, 4.69) is 11.4 Å². The van der Waals surface area contributed by atoms with E-state index in [1.807, 2.05) is 37.3 Å². The largest absolute Gasteiger partial charge is 0.449 e. The fourth-order valence-corrected chi connectivity index (χ4v) is 2.08. The molecule has 0 aliphatic rings. The summed E-state index contributed by atoms with van der Waals surface area (Å²) in [5, 5.41) is 3.39. The Morgan fingerprint density at radius 2 is 1.90 bits per heavy atom. The zero-order valence-corrected chi connectivity index (χ0v) is 12.7. The van der Waals surface area contributed by atoms with E-state index in [0.29, 0.717) is 18.2 Å². The highest BCUT2D eigenvalue weighted by Gasteiger charge is 2.02. The summed E-state index contributed by atoms with van der Waals surface area (Å²) in [6.45, 7) is 2.85. The molecule has 4 heteroatoms. The maximum absolute atomic E-state index is 11.6. The molecule has 0 bridgehead atoms. The molecule has 0 aliphatic carbocycles. The summed E-state index contributed by atoms with van der Waals surface area (Å²) < 4.78 is 5.16. The second-order valence-corrected chi connectivity index (χ2v) is 5.29. The van der Waals surface area contributed by atoms with Gasteiger partial charge in [-0.1, -0.05) is 53.6 Å². The van der Waals surface area contributed by atoms with Gasteiger partial charge in [-0.05, 0) is 30.2 Å². The molecule has 3 nitrogen and oxygen atoms in total. The van der Waals surface area contributed by atoms with E-state index in [4.69, 9.17) is 16.3 Å². The molecule has 2 rings (SSSR count). The summed E-state index contributed by atoms with van der Waals surface area (Å²) in [7, 11) is 0. The highest BCUT2D eigenvalue weighted by molar-refractivity contribution is 6.30. The maximum atomic E-state index is 11.6. The lowest BCUT2D eigenvalue weighted by atomic mass is 10.1. The molecule has 2 aromatic carbocycles. The second-order valence-electron chi connectivity index (χ2n) is 4.85. The first-order chi connectivity index (χ1) is 10.1. The van der Waals surface area contributed by atoms with Gasteiger partial charge in [-0.15, -0.1) is 0 Å². The second kappa shape index (κ2) is 7.70. The van der Waals surface area contributed by atoms with E-state index in [0.717, 1.165) is 12.0 Å². The number of halogens is 1. The number of hydrogen-bond donors (Lipinski definition) is 1. The third-order valence-corrected chi connectivity index (χ3v) is 3.31. The van der Waals surface area contributed by atoms with Gasteiger partial charge in [0.25, 0.3) is 0 Å². The molecule has 0 radical (unpaired) electrons. The van der Waals surface area contributed by atoms with Crippen LogP contribution in [0, 0.1) is 6.92 Å². The number of hydrogen-bond acceptors (Lipinski definition) is 2. The van der Waals surface area contributed by atoms with E-state index in [-0.39, 0.29) is 0 Å². The molecule has 0 saturated heterocycles. The van der Waals surface area contributed by atoms with E-state index >= 15 is 0 Å². The normalized spacial score (nSPS) is 10.2. The van der Waals surface area contributed by atoms with Crippen LogP contribution in [-0.2, 0) is 17.7 Å². The van der Waals surface area contributed by atoms with Gasteiger partial charge in [0.05, 0.1) is 6.61 Å². The van der Waals surface area contributed by atoms with Crippen molar-refractivity contribution in [3.05, 3.63) is 70.2 Å². The molecular weight excluding hydrogens is 286 g/mol.